The molecule has 0 aliphatic carbocycles. The molecule has 0 radical (unpaired) electrons. The molecule has 132 valence electrons. The van der Waals surface area contributed by atoms with Crippen LogP contribution in [0, 0.1) is 0 Å². The molecule has 1 aliphatic rings. The fourth-order valence-corrected chi connectivity index (χ4v) is 2.75. The van der Waals surface area contributed by atoms with Gasteiger partial charge >= 0.3 is 12.1 Å². The molecule has 1 saturated heterocycles. The van der Waals surface area contributed by atoms with E-state index in [9.17, 15) is 9.59 Å². The van der Waals surface area contributed by atoms with Crippen LogP contribution in [0.25, 0.3) is 0 Å². The first-order valence-electron chi connectivity index (χ1n) is 8.20. The van der Waals surface area contributed by atoms with Crippen LogP contribution in [0.1, 0.15) is 39.2 Å². The molecule has 0 bridgehead atoms. The molecule has 0 saturated carbocycles. The molecule has 1 amide bonds. The molecule has 1 unspecified atom stereocenters. The third-order valence-electron chi connectivity index (χ3n) is 3.83. The molecule has 6 nitrogen and oxygen atoms in total. The zero-order chi connectivity index (χ0) is 17.7. The van der Waals surface area contributed by atoms with Crippen LogP contribution in [0.5, 0.6) is 0 Å². The van der Waals surface area contributed by atoms with Gasteiger partial charge in [0, 0.05) is 18.8 Å². The molecule has 1 N–H and O–H groups in total. The summed E-state index contributed by atoms with van der Waals surface area (Å²) >= 11 is 0. The molecule has 24 heavy (non-hydrogen) atoms. The highest BCUT2D eigenvalue weighted by atomic mass is 16.6. The lowest BCUT2D eigenvalue weighted by Crippen LogP contribution is -2.36. The van der Waals surface area contributed by atoms with Crippen molar-refractivity contribution in [3.05, 3.63) is 29.8 Å². The third-order valence-corrected chi connectivity index (χ3v) is 3.83. The van der Waals surface area contributed by atoms with Gasteiger partial charge in [-0.15, -0.1) is 0 Å². The minimum Gasteiger partial charge on any atom is -0.467 e. The number of nitrogens with one attached hydrogen (secondary N) is 1. The Morgan fingerprint density at radius 2 is 1.92 bits per heavy atom. The molecular weight excluding hydrogens is 308 g/mol. The fraction of sp³-hybridized carbons (Fsp3) is 0.556. The topological polar surface area (TPSA) is 67.9 Å². The van der Waals surface area contributed by atoms with Crippen molar-refractivity contribution in [1.82, 2.24) is 5.32 Å². The van der Waals surface area contributed by atoms with E-state index in [1.54, 1.807) is 0 Å². The normalized spacial score (nSPS) is 17.5. The number of anilines is 1. The highest BCUT2D eigenvalue weighted by Gasteiger charge is 2.31. The molecule has 1 heterocycles. The Balaban J connectivity index is 1.93. The summed E-state index contributed by atoms with van der Waals surface area (Å²) in [4.78, 5) is 25.6. The lowest BCUT2D eigenvalue weighted by atomic mass is 10.1. The van der Waals surface area contributed by atoms with Crippen molar-refractivity contribution in [1.29, 1.82) is 0 Å². The predicted octanol–water partition coefficient (Wildman–Crippen LogP) is 2.85. The average Bonchev–Trinajstić information content (AvgIpc) is 3.00. The molecule has 1 aromatic rings. The van der Waals surface area contributed by atoms with Crippen LogP contribution in [0.3, 0.4) is 0 Å². The van der Waals surface area contributed by atoms with Gasteiger partial charge < -0.3 is 19.7 Å². The van der Waals surface area contributed by atoms with Gasteiger partial charge in [0.05, 0.1) is 7.11 Å². The second-order valence-corrected chi connectivity index (χ2v) is 6.90. The van der Waals surface area contributed by atoms with Crippen molar-refractivity contribution in [3.8, 4) is 0 Å². The van der Waals surface area contributed by atoms with E-state index in [2.05, 4.69) is 10.2 Å². The van der Waals surface area contributed by atoms with E-state index in [-0.39, 0.29) is 12.0 Å². The lowest BCUT2D eigenvalue weighted by molar-refractivity contribution is -0.141. The highest BCUT2D eigenvalue weighted by Crippen LogP contribution is 2.26. The van der Waals surface area contributed by atoms with Crippen molar-refractivity contribution in [2.24, 2.45) is 0 Å². The van der Waals surface area contributed by atoms with Crippen LogP contribution in [0.15, 0.2) is 24.3 Å². The van der Waals surface area contributed by atoms with Crippen molar-refractivity contribution >= 4 is 17.7 Å². The minimum absolute atomic E-state index is 0.192. The molecule has 1 atom stereocenters. The van der Waals surface area contributed by atoms with Crippen LogP contribution >= 0.6 is 0 Å². The molecular formula is C18H26N2O4. The second kappa shape index (κ2) is 7.55. The molecule has 0 spiro atoms. The van der Waals surface area contributed by atoms with Crippen LogP contribution in [-0.4, -0.2) is 37.4 Å². The van der Waals surface area contributed by atoms with Crippen molar-refractivity contribution < 1.29 is 19.1 Å². The standard InChI is InChI=1S/C18H26N2O4/c1-18(2,3)24-17(22)19-12-13-7-9-14(10-8-13)20-11-5-6-15(20)16(21)23-4/h7-10,15H,5-6,11-12H2,1-4H3,(H,19,22). The van der Waals surface area contributed by atoms with E-state index in [1.165, 1.54) is 7.11 Å². The maximum Gasteiger partial charge on any atom is 0.407 e. The van der Waals surface area contributed by atoms with Crippen molar-refractivity contribution in [3.63, 3.8) is 0 Å². The van der Waals surface area contributed by atoms with E-state index in [0.717, 1.165) is 30.6 Å². The quantitative estimate of drug-likeness (QED) is 0.858. The number of methoxy groups -OCH3 is 1. The van der Waals surface area contributed by atoms with Gasteiger partial charge in [-0.3, -0.25) is 0 Å². The Bertz CT molecular complexity index is 578. The van der Waals surface area contributed by atoms with E-state index in [0.29, 0.717) is 6.54 Å². The first-order chi connectivity index (χ1) is 11.3. The number of hydrogen-bond acceptors (Lipinski definition) is 5. The monoisotopic (exact) mass is 334 g/mol. The fourth-order valence-electron chi connectivity index (χ4n) is 2.75. The second-order valence-electron chi connectivity index (χ2n) is 6.90. The molecule has 6 heteroatoms. The number of esters is 1. The maximum atomic E-state index is 11.8. The summed E-state index contributed by atoms with van der Waals surface area (Å²) in [6, 6.07) is 7.61. The Morgan fingerprint density at radius 1 is 1.25 bits per heavy atom. The summed E-state index contributed by atoms with van der Waals surface area (Å²) < 4.78 is 10.1. The van der Waals surface area contributed by atoms with Gasteiger partial charge in [-0.2, -0.15) is 0 Å². The number of carbonyl (C=O) groups is 2. The molecule has 2 rings (SSSR count). The predicted molar refractivity (Wildman–Crippen MR) is 91.9 cm³/mol. The number of rotatable bonds is 4. The summed E-state index contributed by atoms with van der Waals surface area (Å²) in [7, 11) is 1.42. The lowest BCUT2D eigenvalue weighted by Gasteiger charge is -2.25. The number of alkyl carbamates (subject to hydrolysis) is 1. The summed E-state index contributed by atoms with van der Waals surface area (Å²) in [5, 5.41) is 2.73. The Morgan fingerprint density at radius 3 is 2.50 bits per heavy atom. The number of hydrogen-bond donors (Lipinski definition) is 1. The van der Waals surface area contributed by atoms with E-state index >= 15 is 0 Å². The Hall–Kier alpha value is -2.24. The molecule has 1 aliphatic heterocycles. The number of nitrogens with zero attached hydrogens (tertiary/aromatic N) is 1. The van der Waals surface area contributed by atoms with Gasteiger partial charge in [-0.05, 0) is 51.3 Å². The summed E-state index contributed by atoms with van der Waals surface area (Å²) in [6.45, 7) is 6.73. The molecule has 0 aromatic heterocycles. The van der Waals surface area contributed by atoms with Crippen LogP contribution in [0.4, 0.5) is 10.5 Å². The number of amides is 1. The molecule has 1 aromatic carbocycles. The van der Waals surface area contributed by atoms with Crippen molar-refractivity contribution in [2.45, 2.75) is 51.8 Å². The van der Waals surface area contributed by atoms with Gasteiger partial charge in [0.25, 0.3) is 0 Å². The number of ether oxygens (including phenoxy) is 2. The molecule has 1 fully saturated rings. The Labute approximate surface area is 143 Å². The SMILES string of the molecule is COC(=O)C1CCCN1c1ccc(CNC(=O)OC(C)(C)C)cc1. The minimum atomic E-state index is -0.507. The Kier molecular flexibility index (Phi) is 5.70. The van der Waals surface area contributed by atoms with Crippen LogP contribution in [0.2, 0.25) is 0 Å². The summed E-state index contributed by atoms with van der Waals surface area (Å²) in [5.74, 6) is -0.192. The van der Waals surface area contributed by atoms with Gasteiger partial charge in [0.15, 0.2) is 0 Å². The third kappa shape index (κ3) is 4.88. The smallest absolute Gasteiger partial charge is 0.407 e. The summed E-state index contributed by atoms with van der Waals surface area (Å²) in [5.41, 5.74) is 1.45. The average molecular weight is 334 g/mol. The van der Waals surface area contributed by atoms with Gasteiger partial charge in [0.2, 0.25) is 0 Å². The van der Waals surface area contributed by atoms with E-state index in [4.69, 9.17) is 9.47 Å². The van der Waals surface area contributed by atoms with Crippen molar-refractivity contribution in [2.75, 3.05) is 18.6 Å². The maximum absolute atomic E-state index is 11.8. The van der Waals surface area contributed by atoms with Crippen LogP contribution < -0.4 is 10.2 Å². The first kappa shape index (κ1) is 18.1. The zero-order valence-electron chi connectivity index (χ0n) is 14.8. The van der Waals surface area contributed by atoms with Gasteiger partial charge in [0.1, 0.15) is 11.6 Å². The van der Waals surface area contributed by atoms with E-state index in [1.807, 2.05) is 45.0 Å². The zero-order valence-corrected chi connectivity index (χ0v) is 14.8. The van der Waals surface area contributed by atoms with Gasteiger partial charge in [-0.25, -0.2) is 9.59 Å². The number of carbonyl (C=O) groups excluding carboxylic acids is 2. The first-order valence-corrected chi connectivity index (χ1v) is 8.20. The van der Waals surface area contributed by atoms with Gasteiger partial charge in [-0.1, -0.05) is 12.1 Å². The number of benzene rings is 1. The summed E-state index contributed by atoms with van der Waals surface area (Å²) in [6.07, 6.45) is 1.35. The highest BCUT2D eigenvalue weighted by molar-refractivity contribution is 5.80. The largest absolute Gasteiger partial charge is 0.467 e. The van der Waals surface area contributed by atoms with Crippen LogP contribution in [-0.2, 0) is 20.8 Å². The van der Waals surface area contributed by atoms with E-state index < -0.39 is 11.7 Å².